The molecule has 178 valence electrons. The van der Waals surface area contributed by atoms with Crippen LogP contribution >= 0.6 is 0 Å². The van der Waals surface area contributed by atoms with E-state index in [4.69, 9.17) is 9.47 Å². The van der Waals surface area contributed by atoms with Crippen molar-refractivity contribution in [1.29, 1.82) is 0 Å². The summed E-state index contributed by atoms with van der Waals surface area (Å²) >= 11 is 0. The summed E-state index contributed by atoms with van der Waals surface area (Å²) in [7, 11) is 1.68. The van der Waals surface area contributed by atoms with Crippen molar-refractivity contribution >= 4 is 10.8 Å². The first-order chi connectivity index (χ1) is 15.9. The van der Waals surface area contributed by atoms with Gasteiger partial charge in [-0.25, -0.2) is 0 Å². The fourth-order valence-corrected chi connectivity index (χ4v) is 8.19. The number of rotatable bonds is 1. The highest BCUT2D eigenvalue weighted by Gasteiger charge is 2.54. The number of ether oxygens (including phenoxy) is 2. The molecule has 3 heteroatoms. The zero-order valence-electron chi connectivity index (χ0n) is 21.6. The SMILES string of the molecule is COc1cc2c(O)cc3c(c2c2c1OC(C)(C)C2)-c1ccccc1C31CC(C)(C)CC(C)(C)C1. The standard InChI is InChI=1S/C31H36O3/c1-28(2)15-29(3,4)17-31(16-28)21-11-9-8-10-18(21)26-22(31)13-23(32)19-12-24(33-7)27-20(25(19)26)14-30(5,6)34-27/h8-13,32H,14-17H2,1-7H3. The number of methoxy groups -OCH3 is 1. The van der Waals surface area contributed by atoms with Gasteiger partial charge in [0.25, 0.3) is 0 Å². The number of benzene rings is 3. The van der Waals surface area contributed by atoms with Crippen LogP contribution in [0.1, 0.15) is 77.5 Å². The minimum absolute atomic E-state index is 0.107. The second kappa shape index (κ2) is 6.50. The first-order valence-corrected chi connectivity index (χ1v) is 12.6. The highest BCUT2D eigenvalue weighted by atomic mass is 16.5. The number of phenolic OH excluding ortho intramolecular Hbond substituents is 1. The van der Waals surface area contributed by atoms with Gasteiger partial charge in [-0.15, -0.1) is 0 Å². The first-order valence-electron chi connectivity index (χ1n) is 12.6. The van der Waals surface area contributed by atoms with Crippen molar-refractivity contribution in [2.45, 2.75) is 78.2 Å². The van der Waals surface area contributed by atoms with Crippen LogP contribution in [0.4, 0.5) is 0 Å². The maximum atomic E-state index is 11.5. The van der Waals surface area contributed by atoms with Crippen LogP contribution in [-0.4, -0.2) is 17.8 Å². The van der Waals surface area contributed by atoms with Crippen LogP contribution in [0, 0.1) is 10.8 Å². The lowest BCUT2D eigenvalue weighted by molar-refractivity contribution is 0.0645. The van der Waals surface area contributed by atoms with Crippen molar-refractivity contribution in [2.24, 2.45) is 10.8 Å². The highest BCUT2D eigenvalue weighted by molar-refractivity contribution is 6.09. The lowest BCUT2D eigenvalue weighted by Gasteiger charge is -2.51. The van der Waals surface area contributed by atoms with Gasteiger partial charge < -0.3 is 14.6 Å². The summed E-state index contributed by atoms with van der Waals surface area (Å²) in [4.78, 5) is 0. The molecular formula is C31H36O3. The van der Waals surface area contributed by atoms with Crippen LogP contribution in [0.3, 0.4) is 0 Å². The van der Waals surface area contributed by atoms with E-state index < -0.39 is 0 Å². The molecule has 34 heavy (non-hydrogen) atoms. The van der Waals surface area contributed by atoms with Gasteiger partial charge in [-0.05, 0) is 78.3 Å². The third kappa shape index (κ3) is 2.88. The first kappa shape index (κ1) is 21.8. The number of hydrogen-bond acceptors (Lipinski definition) is 3. The largest absolute Gasteiger partial charge is 0.507 e. The predicted molar refractivity (Wildman–Crippen MR) is 138 cm³/mol. The van der Waals surface area contributed by atoms with E-state index in [2.05, 4.69) is 71.9 Å². The van der Waals surface area contributed by atoms with Gasteiger partial charge in [-0.2, -0.15) is 0 Å². The van der Waals surface area contributed by atoms with E-state index in [0.717, 1.165) is 41.3 Å². The van der Waals surface area contributed by atoms with Gasteiger partial charge >= 0.3 is 0 Å². The molecule has 1 N–H and O–H groups in total. The second-order valence-corrected chi connectivity index (χ2v) is 13.2. The van der Waals surface area contributed by atoms with Gasteiger partial charge in [-0.1, -0.05) is 52.0 Å². The summed E-state index contributed by atoms with van der Waals surface area (Å²) in [6.07, 6.45) is 4.16. The van der Waals surface area contributed by atoms with Gasteiger partial charge in [0.05, 0.1) is 7.11 Å². The lowest BCUT2D eigenvalue weighted by atomic mass is 9.52. The van der Waals surface area contributed by atoms with Crippen LogP contribution in [0.2, 0.25) is 0 Å². The van der Waals surface area contributed by atoms with E-state index in [9.17, 15) is 5.11 Å². The highest BCUT2D eigenvalue weighted by Crippen LogP contribution is 2.65. The van der Waals surface area contributed by atoms with Crippen molar-refractivity contribution in [3.8, 4) is 28.4 Å². The second-order valence-electron chi connectivity index (χ2n) is 13.2. The molecule has 1 saturated carbocycles. The molecule has 1 aliphatic heterocycles. The Balaban J connectivity index is 1.76. The lowest BCUT2D eigenvalue weighted by Crippen LogP contribution is -2.43. The maximum absolute atomic E-state index is 11.5. The third-order valence-electron chi connectivity index (χ3n) is 8.37. The van der Waals surface area contributed by atoms with Gasteiger partial charge in [0, 0.05) is 28.2 Å². The molecule has 0 amide bonds. The van der Waals surface area contributed by atoms with Gasteiger partial charge in [0.2, 0.25) is 0 Å². The molecule has 1 spiro atoms. The Hall–Kier alpha value is -2.68. The Morgan fingerprint density at radius 3 is 2.24 bits per heavy atom. The van der Waals surface area contributed by atoms with E-state index in [-0.39, 0.29) is 21.8 Å². The molecule has 2 aliphatic carbocycles. The van der Waals surface area contributed by atoms with Gasteiger partial charge in [-0.3, -0.25) is 0 Å². The van der Waals surface area contributed by atoms with Gasteiger partial charge in [0.15, 0.2) is 11.5 Å². The smallest absolute Gasteiger partial charge is 0.165 e. The van der Waals surface area contributed by atoms with Gasteiger partial charge in [0.1, 0.15) is 11.4 Å². The molecule has 1 fully saturated rings. The van der Waals surface area contributed by atoms with Crippen LogP contribution < -0.4 is 9.47 Å². The fourth-order valence-electron chi connectivity index (χ4n) is 8.19. The van der Waals surface area contributed by atoms with Crippen LogP contribution in [0.25, 0.3) is 21.9 Å². The fraction of sp³-hybridized carbons (Fsp3) is 0.484. The Bertz CT molecular complexity index is 1340. The van der Waals surface area contributed by atoms with E-state index in [0.29, 0.717) is 11.5 Å². The number of aromatic hydroxyl groups is 1. The number of fused-ring (bicyclic) bond motifs is 9. The summed E-state index contributed by atoms with van der Waals surface area (Å²) in [5, 5.41) is 13.5. The molecular weight excluding hydrogens is 420 g/mol. The number of hydrogen-bond donors (Lipinski definition) is 1. The summed E-state index contributed by atoms with van der Waals surface area (Å²) in [5.41, 5.74) is 6.45. The zero-order chi connectivity index (χ0) is 24.3. The topological polar surface area (TPSA) is 38.7 Å². The molecule has 3 aromatic carbocycles. The summed E-state index contributed by atoms with van der Waals surface area (Å²) < 4.78 is 12.1. The molecule has 0 saturated heterocycles. The van der Waals surface area contributed by atoms with E-state index in [1.807, 2.05) is 6.07 Å². The minimum Gasteiger partial charge on any atom is -0.507 e. The minimum atomic E-state index is -0.313. The van der Waals surface area contributed by atoms with E-state index in [1.165, 1.54) is 28.7 Å². The van der Waals surface area contributed by atoms with Crippen molar-refractivity contribution in [3.63, 3.8) is 0 Å². The Kier molecular flexibility index (Phi) is 4.17. The molecule has 3 nitrogen and oxygen atoms in total. The number of phenols is 1. The molecule has 1 heterocycles. The quantitative estimate of drug-likeness (QED) is 0.406. The van der Waals surface area contributed by atoms with Crippen LogP contribution in [0.15, 0.2) is 36.4 Å². The van der Waals surface area contributed by atoms with Crippen LogP contribution in [0.5, 0.6) is 17.2 Å². The van der Waals surface area contributed by atoms with Crippen molar-refractivity contribution in [2.75, 3.05) is 7.11 Å². The monoisotopic (exact) mass is 456 g/mol. The molecule has 0 radical (unpaired) electrons. The van der Waals surface area contributed by atoms with Crippen LogP contribution in [-0.2, 0) is 11.8 Å². The molecule has 0 aromatic heterocycles. The molecule has 3 aliphatic rings. The van der Waals surface area contributed by atoms with E-state index >= 15 is 0 Å². The zero-order valence-corrected chi connectivity index (χ0v) is 21.6. The summed E-state index contributed by atoms with van der Waals surface area (Å²) in [6, 6.07) is 13.0. The average molecular weight is 457 g/mol. The molecule has 0 bridgehead atoms. The van der Waals surface area contributed by atoms with E-state index in [1.54, 1.807) is 7.11 Å². The third-order valence-corrected chi connectivity index (χ3v) is 8.37. The Morgan fingerprint density at radius 2 is 1.56 bits per heavy atom. The molecule has 6 rings (SSSR count). The van der Waals surface area contributed by atoms with Crippen molar-refractivity contribution in [1.82, 2.24) is 0 Å². The normalized spacial score (nSPS) is 22.2. The maximum Gasteiger partial charge on any atom is 0.165 e. The summed E-state index contributed by atoms with van der Waals surface area (Å²) in [6.45, 7) is 13.9. The average Bonchev–Trinajstić information content (AvgIpc) is 3.17. The molecule has 0 atom stereocenters. The molecule has 0 unspecified atom stereocenters. The van der Waals surface area contributed by atoms with Crippen molar-refractivity contribution < 1.29 is 14.6 Å². The van der Waals surface area contributed by atoms with Crippen molar-refractivity contribution in [3.05, 3.63) is 53.1 Å². The Labute approximate surface area is 203 Å². The predicted octanol–water partition coefficient (Wildman–Crippen LogP) is 7.77. The summed E-state index contributed by atoms with van der Waals surface area (Å²) in [5.74, 6) is 1.87. The molecule has 3 aromatic rings. The Morgan fingerprint density at radius 1 is 0.882 bits per heavy atom.